The van der Waals surface area contributed by atoms with Gasteiger partial charge >= 0.3 is 0 Å². The molecule has 0 N–H and O–H groups in total. The lowest BCUT2D eigenvalue weighted by atomic mass is 10.0. The Kier molecular flexibility index (Phi) is 3.99. The first kappa shape index (κ1) is 11.6. The Morgan fingerprint density at radius 1 is 1.43 bits per heavy atom. The van der Waals surface area contributed by atoms with Gasteiger partial charge in [-0.2, -0.15) is 0 Å². The number of rotatable bonds is 2. The number of allylic oxidation sites excluding steroid dienone is 3. The summed E-state index contributed by atoms with van der Waals surface area (Å²) in [4.78, 5) is 6.01. The maximum Gasteiger partial charge on any atom is 0.102 e. The second-order valence-electron chi connectivity index (χ2n) is 3.73. The van der Waals surface area contributed by atoms with Crippen LogP contribution in [0, 0.1) is 5.92 Å². The highest BCUT2D eigenvalue weighted by atomic mass is 32.2. The monoisotopic (exact) mass is 209 g/mol. The fraction of sp³-hybridized carbons (Fsp3) is 0.583. The van der Waals surface area contributed by atoms with Crippen LogP contribution in [0.4, 0.5) is 0 Å². The molecule has 1 heterocycles. The van der Waals surface area contributed by atoms with Gasteiger partial charge in [-0.1, -0.05) is 31.7 Å². The van der Waals surface area contributed by atoms with Gasteiger partial charge in [0.15, 0.2) is 0 Å². The molecule has 0 aromatic heterocycles. The highest BCUT2D eigenvalue weighted by Crippen LogP contribution is 2.41. The molecule has 0 bridgehead atoms. The minimum Gasteiger partial charge on any atom is -0.278 e. The van der Waals surface area contributed by atoms with Gasteiger partial charge in [0.2, 0.25) is 0 Å². The molecule has 0 saturated carbocycles. The summed E-state index contributed by atoms with van der Waals surface area (Å²) in [5, 5.41) is 1.20. The molecule has 0 amide bonds. The zero-order valence-electron chi connectivity index (χ0n) is 9.72. The van der Waals surface area contributed by atoms with Crippen molar-refractivity contribution in [3.05, 3.63) is 22.1 Å². The van der Waals surface area contributed by atoms with Crippen molar-refractivity contribution in [3.63, 3.8) is 0 Å². The first-order chi connectivity index (χ1) is 6.61. The highest BCUT2D eigenvalue weighted by Gasteiger charge is 2.24. The maximum atomic E-state index is 4.53. The number of thioether (sulfide) groups is 1. The molecule has 1 rings (SSSR count). The first-order valence-corrected chi connectivity index (χ1v) is 6.03. The van der Waals surface area contributed by atoms with E-state index in [2.05, 4.69) is 45.7 Å². The predicted molar refractivity (Wildman–Crippen MR) is 66.9 cm³/mol. The van der Waals surface area contributed by atoms with Crippen molar-refractivity contribution in [3.8, 4) is 0 Å². The van der Waals surface area contributed by atoms with Gasteiger partial charge in [0.05, 0.1) is 0 Å². The van der Waals surface area contributed by atoms with E-state index in [0.717, 1.165) is 6.54 Å². The third-order valence-electron chi connectivity index (χ3n) is 2.33. The van der Waals surface area contributed by atoms with Crippen LogP contribution in [0.25, 0.3) is 0 Å². The molecule has 1 nitrogen and oxygen atoms in total. The molecular weight excluding hydrogens is 190 g/mol. The van der Waals surface area contributed by atoms with Crippen molar-refractivity contribution >= 4 is 16.8 Å². The molecule has 0 fully saturated rings. The van der Waals surface area contributed by atoms with Gasteiger partial charge in [0.25, 0.3) is 0 Å². The second kappa shape index (κ2) is 4.83. The van der Waals surface area contributed by atoms with E-state index < -0.39 is 0 Å². The molecule has 14 heavy (non-hydrogen) atoms. The lowest BCUT2D eigenvalue weighted by molar-refractivity contribution is 0.811. The molecule has 0 spiro atoms. The van der Waals surface area contributed by atoms with E-state index in [1.807, 2.05) is 11.8 Å². The van der Waals surface area contributed by atoms with Crippen molar-refractivity contribution < 1.29 is 0 Å². The Balaban J connectivity index is 3.05. The summed E-state index contributed by atoms with van der Waals surface area (Å²) in [6.45, 7) is 11.7. The SMILES string of the molecule is C/C=C1/C(C)=C(C(C)C)S/C1=N/CC. The van der Waals surface area contributed by atoms with Crippen molar-refractivity contribution in [2.75, 3.05) is 6.54 Å². The van der Waals surface area contributed by atoms with Gasteiger partial charge in [-0.15, -0.1) is 0 Å². The number of aliphatic imine (C=N–C) groups is 1. The van der Waals surface area contributed by atoms with Crippen LogP contribution in [0.15, 0.2) is 27.1 Å². The zero-order valence-corrected chi connectivity index (χ0v) is 10.5. The summed E-state index contributed by atoms with van der Waals surface area (Å²) >= 11 is 1.85. The molecule has 1 aliphatic heterocycles. The lowest BCUT2D eigenvalue weighted by Crippen LogP contribution is -1.92. The van der Waals surface area contributed by atoms with Crippen LogP contribution in [0.2, 0.25) is 0 Å². The summed E-state index contributed by atoms with van der Waals surface area (Å²) < 4.78 is 0. The maximum absolute atomic E-state index is 4.53. The van der Waals surface area contributed by atoms with Crippen LogP contribution in [-0.2, 0) is 0 Å². The van der Waals surface area contributed by atoms with Gasteiger partial charge in [0.1, 0.15) is 5.04 Å². The lowest BCUT2D eigenvalue weighted by Gasteiger charge is -2.04. The van der Waals surface area contributed by atoms with Crippen molar-refractivity contribution in [2.24, 2.45) is 10.9 Å². The molecule has 0 radical (unpaired) electrons. The average molecular weight is 209 g/mol. The summed E-state index contributed by atoms with van der Waals surface area (Å²) in [6.07, 6.45) is 2.17. The van der Waals surface area contributed by atoms with Crippen LogP contribution in [0.5, 0.6) is 0 Å². The summed E-state index contributed by atoms with van der Waals surface area (Å²) in [6, 6.07) is 0. The zero-order chi connectivity index (χ0) is 10.7. The molecule has 0 aromatic carbocycles. The Morgan fingerprint density at radius 3 is 2.50 bits per heavy atom. The van der Waals surface area contributed by atoms with E-state index in [1.165, 1.54) is 21.1 Å². The third-order valence-corrected chi connectivity index (χ3v) is 3.87. The minimum atomic E-state index is 0.611. The van der Waals surface area contributed by atoms with E-state index in [4.69, 9.17) is 0 Å². The molecule has 2 heteroatoms. The highest BCUT2D eigenvalue weighted by molar-refractivity contribution is 8.18. The molecule has 1 aliphatic rings. The Labute approximate surface area is 91.4 Å². The fourth-order valence-electron chi connectivity index (χ4n) is 1.68. The first-order valence-electron chi connectivity index (χ1n) is 5.21. The summed E-state index contributed by atoms with van der Waals surface area (Å²) in [5.74, 6) is 0.611. The average Bonchev–Trinajstić information content (AvgIpc) is 2.43. The number of hydrogen-bond donors (Lipinski definition) is 0. The van der Waals surface area contributed by atoms with E-state index in [0.29, 0.717) is 5.92 Å². The number of nitrogens with zero attached hydrogens (tertiary/aromatic N) is 1. The van der Waals surface area contributed by atoms with Gasteiger partial charge in [-0.3, -0.25) is 4.99 Å². The standard InChI is InChI=1S/C12H19NS/c1-6-10-9(5)11(8(3)4)14-12(10)13-7-2/h6,8H,7H2,1-5H3/b10-6-,13-12+. The van der Waals surface area contributed by atoms with Crippen LogP contribution in [0.3, 0.4) is 0 Å². The molecule has 0 unspecified atom stereocenters. The Bertz CT molecular complexity index is 308. The van der Waals surface area contributed by atoms with Crippen molar-refractivity contribution in [1.29, 1.82) is 0 Å². The van der Waals surface area contributed by atoms with E-state index in [-0.39, 0.29) is 0 Å². The van der Waals surface area contributed by atoms with Gasteiger partial charge in [-0.05, 0) is 37.2 Å². The fourth-order valence-corrected chi connectivity index (χ4v) is 2.96. The van der Waals surface area contributed by atoms with Gasteiger partial charge in [-0.25, -0.2) is 0 Å². The Morgan fingerprint density at radius 2 is 2.07 bits per heavy atom. The van der Waals surface area contributed by atoms with Crippen LogP contribution in [-0.4, -0.2) is 11.6 Å². The van der Waals surface area contributed by atoms with E-state index >= 15 is 0 Å². The minimum absolute atomic E-state index is 0.611. The summed E-state index contributed by atoms with van der Waals surface area (Å²) in [7, 11) is 0. The molecular formula is C12H19NS. The van der Waals surface area contributed by atoms with E-state index in [9.17, 15) is 0 Å². The molecule has 0 aromatic rings. The topological polar surface area (TPSA) is 12.4 Å². The van der Waals surface area contributed by atoms with Crippen LogP contribution in [0.1, 0.15) is 34.6 Å². The van der Waals surface area contributed by atoms with Gasteiger partial charge in [0, 0.05) is 12.1 Å². The normalized spacial score (nSPS) is 23.3. The molecule has 0 saturated heterocycles. The second-order valence-corrected chi connectivity index (χ2v) is 4.76. The predicted octanol–water partition coefficient (Wildman–Crippen LogP) is 4.03. The molecule has 78 valence electrons. The summed E-state index contributed by atoms with van der Waals surface area (Å²) in [5.41, 5.74) is 2.75. The van der Waals surface area contributed by atoms with Crippen LogP contribution >= 0.6 is 11.8 Å². The quantitative estimate of drug-likeness (QED) is 0.669. The molecule has 0 atom stereocenters. The van der Waals surface area contributed by atoms with E-state index in [1.54, 1.807) is 0 Å². The third kappa shape index (κ3) is 2.11. The van der Waals surface area contributed by atoms with Gasteiger partial charge < -0.3 is 0 Å². The Hall–Kier alpha value is -0.500. The van der Waals surface area contributed by atoms with Crippen molar-refractivity contribution in [2.45, 2.75) is 34.6 Å². The smallest absolute Gasteiger partial charge is 0.102 e. The van der Waals surface area contributed by atoms with Crippen molar-refractivity contribution in [1.82, 2.24) is 0 Å². The van der Waals surface area contributed by atoms with Crippen LogP contribution < -0.4 is 0 Å². The number of hydrogen-bond acceptors (Lipinski definition) is 2. The largest absolute Gasteiger partial charge is 0.278 e. The molecule has 0 aliphatic carbocycles.